The Bertz CT molecular complexity index is 601. The Labute approximate surface area is 111 Å². The van der Waals surface area contributed by atoms with E-state index < -0.39 is 15.1 Å². The first-order chi connectivity index (χ1) is 8.55. The first-order valence-electron chi connectivity index (χ1n) is 5.59. The van der Waals surface area contributed by atoms with Crippen LogP contribution in [0.3, 0.4) is 0 Å². The number of benzene rings is 1. The van der Waals surface area contributed by atoms with Crippen molar-refractivity contribution in [3.63, 3.8) is 0 Å². The summed E-state index contributed by atoms with van der Waals surface area (Å²) in [4.78, 5) is 1.12. The third-order valence-corrected chi connectivity index (χ3v) is 6.06. The van der Waals surface area contributed by atoms with E-state index in [9.17, 15) is 8.42 Å². The lowest BCUT2D eigenvalue weighted by atomic mass is 10.2. The Morgan fingerprint density at radius 3 is 2.39 bits per heavy atom. The van der Waals surface area contributed by atoms with Gasteiger partial charge in [0, 0.05) is 11.4 Å². The van der Waals surface area contributed by atoms with Crippen molar-refractivity contribution < 1.29 is 8.42 Å². The molecule has 0 unspecified atom stereocenters. The van der Waals surface area contributed by atoms with Gasteiger partial charge in [-0.05, 0) is 30.5 Å². The molecule has 2 rings (SSSR count). The second-order valence-corrected chi connectivity index (χ2v) is 7.21. The number of rotatable bonds is 4. The van der Waals surface area contributed by atoms with Crippen molar-refractivity contribution >= 4 is 21.2 Å². The number of thiophene rings is 1. The molecule has 3 nitrogen and oxygen atoms in total. The van der Waals surface area contributed by atoms with E-state index in [0.29, 0.717) is 4.90 Å². The third kappa shape index (κ3) is 2.48. The first kappa shape index (κ1) is 13.3. The third-order valence-electron chi connectivity index (χ3n) is 2.80. The highest BCUT2D eigenvalue weighted by Gasteiger charge is 2.28. The molecular formula is C13H15NO2S2. The zero-order valence-electron chi connectivity index (χ0n) is 10.0. The van der Waals surface area contributed by atoms with Crippen LogP contribution in [0.4, 0.5) is 0 Å². The average Bonchev–Trinajstić information content (AvgIpc) is 2.84. The molecule has 2 N–H and O–H groups in total. The predicted octanol–water partition coefficient (Wildman–Crippen LogP) is 2.53. The molecule has 0 amide bonds. The topological polar surface area (TPSA) is 60.2 Å². The fourth-order valence-electron chi connectivity index (χ4n) is 1.76. The van der Waals surface area contributed by atoms with Crippen molar-refractivity contribution in [1.29, 1.82) is 0 Å². The first-order valence-corrected chi connectivity index (χ1v) is 8.02. The molecule has 0 radical (unpaired) electrons. The maximum atomic E-state index is 12.5. The van der Waals surface area contributed by atoms with Crippen molar-refractivity contribution in [2.75, 3.05) is 6.54 Å². The minimum atomic E-state index is -3.41. The van der Waals surface area contributed by atoms with Gasteiger partial charge in [0.1, 0.15) is 5.25 Å². The van der Waals surface area contributed by atoms with E-state index in [0.717, 1.165) is 10.4 Å². The number of aryl methyl sites for hydroxylation is 1. The van der Waals surface area contributed by atoms with E-state index >= 15 is 0 Å². The molecule has 0 aliphatic heterocycles. The van der Waals surface area contributed by atoms with Crippen LogP contribution in [0.15, 0.2) is 46.7 Å². The highest BCUT2D eigenvalue weighted by molar-refractivity contribution is 7.91. The van der Waals surface area contributed by atoms with Gasteiger partial charge in [-0.2, -0.15) is 0 Å². The van der Waals surface area contributed by atoms with Crippen molar-refractivity contribution in [2.45, 2.75) is 17.1 Å². The maximum absolute atomic E-state index is 12.5. The normalized spacial score (nSPS) is 13.4. The fourth-order valence-corrected chi connectivity index (χ4v) is 4.51. The molecule has 1 heterocycles. The van der Waals surface area contributed by atoms with Gasteiger partial charge in [0.15, 0.2) is 9.84 Å². The van der Waals surface area contributed by atoms with E-state index in [1.807, 2.05) is 24.4 Å². The molecule has 0 aliphatic rings. The van der Waals surface area contributed by atoms with Gasteiger partial charge in [-0.3, -0.25) is 0 Å². The molecule has 2 aromatic rings. The molecule has 5 heteroatoms. The zero-order chi connectivity index (χ0) is 13.2. The zero-order valence-corrected chi connectivity index (χ0v) is 11.7. The molecule has 18 heavy (non-hydrogen) atoms. The number of hydrogen-bond donors (Lipinski definition) is 1. The van der Waals surface area contributed by atoms with Gasteiger partial charge in [-0.1, -0.05) is 23.8 Å². The van der Waals surface area contributed by atoms with Crippen LogP contribution in [-0.2, 0) is 9.84 Å². The lowest BCUT2D eigenvalue weighted by molar-refractivity contribution is 0.583. The van der Waals surface area contributed by atoms with Gasteiger partial charge in [0.05, 0.1) is 4.90 Å². The summed E-state index contributed by atoms with van der Waals surface area (Å²) in [6.07, 6.45) is 0. The lowest BCUT2D eigenvalue weighted by Crippen LogP contribution is -2.21. The Morgan fingerprint density at radius 1 is 1.22 bits per heavy atom. The molecular weight excluding hydrogens is 266 g/mol. The van der Waals surface area contributed by atoms with Gasteiger partial charge in [0.2, 0.25) is 0 Å². The van der Waals surface area contributed by atoms with Gasteiger partial charge in [0.25, 0.3) is 0 Å². The SMILES string of the molecule is Cc1ccc(S(=O)(=O)[C@@H](CN)c2cccs2)cc1. The predicted molar refractivity (Wildman–Crippen MR) is 74.5 cm³/mol. The van der Waals surface area contributed by atoms with Crippen molar-refractivity contribution in [2.24, 2.45) is 5.73 Å². The lowest BCUT2D eigenvalue weighted by Gasteiger charge is -2.14. The summed E-state index contributed by atoms with van der Waals surface area (Å²) in [5, 5.41) is 1.21. The summed E-state index contributed by atoms with van der Waals surface area (Å²) >= 11 is 1.42. The second kappa shape index (κ2) is 5.22. The van der Waals surface area contributed by atoms with Crippen molar-refractivity contribution in [1.82, 2.24) is 0 Å². The Morgan fingerprint density at radius 2 is 1.89 bits per heavy atom. The monoisotopic (exact) mass is 281 g/mol. The molecule has 0 fully saturated rings. The van der Waals surface area contributed by atoms with Crippen LogP contribution in [0, 0.1) is 6.92 Å². The van der Waals surface area contributed by atoms with Crippen LogP contribution in [-0.4, -0.2) is 15.0 Å². The fraction of sp³-hybridized carbons (Fsp3) is 0.231. The van der Waals surface area contributed by atoms with E-state index in [2.05, 4.69) is 0 Å². The Kier molecular flexibility index (Phi) is 3.85. The van der Waals surface area contributed by atoms with Gasteiger partial charge < -0.3 is 5.73 Å². The van der Waals surface area contributed by atoms with Crippen molar-refractivity contribution in [3.8, 4) is 0 Å². The molecule has 96 valence electrons. The highest BCUT2D eigenvalue weighted by Crippen LogP contribution is 2.30. The second-order valence-electron chi connectivity index (χ2n) is 4.10. The van der Waals surface area contributed by atoms with Gasteiger partial charge >= 0.3 is 0 Å². The largest absolute Gasteiger partial charge is 0.329 e. The van der Waals surface area contributed by atoms with Crippen molar-refractivity contribution in [3.05, 3.63) is 52.2 Å². The van der Waals surface area contributed by atoms with E-state index in [4.69, 9.17) is 5.73 Å². The molecule has 0 spiro atoms. The van der Waals surface area contributed by atoms with Crippen LogP contribution in [0.25, 0.3) is 0 Å². The van der Waals surface area contributed by atoms with Crippen LogP contribution >= 0.6 is 11.3 Å². The van der Waals surface area contributed by atoms with E-state index in [-0.39, 0.29) is 6.54 Å². The standard InChI is InChI=1S/C13H15NO2S2/c1-10-4-6-11(7-5-10)18(15,16)13(9-14)12-3-2-8-17-12/h2-8,13H,9,14H2,1H3/t13-/m0/s1. The minimum absolute atomic E-state index is 0.0940. The molecule has 1 atom stereocenters. The van der Waals surface area contributed by atoms with E-state index in [1.165, 1.54) is 11.3 Å². The summed E-state index contributed by atoms with van der Waals surface area (Å²) in [7, 11) is -3.41. The molecule has 0 saturated heterocycles. The minimum Gasteiger partial charge on any atom is -0.329 e. The maximum Gasteiger partial charge on any atom is 0.187 e. The number of hydrogen-bond acceptors (Lipinski definition) is 4. The number of nitrogens with two attached hydrogens (primary N) is 1. The Balaban J connectivity index is 2.44. The molecule has 1 aromatic heterocycles. The summed E-state index contributed by atoms with van der Waals surface area (Å²) in [6.45, 7) is 2.02. The van der Waals surface area contributed by atoms with Crippen LogP contribution in [0.1, 0.15) is 15.7 Å². The molecule has 0 bridgehead atoms. The summed E-state index contributed by atoms with van der Waals surface area (Å²) in [6, 6.07) is 10.5. The highest BCUT2D eigenvalue weighted by atomic mass is 32.2. The van der Waals surface area contributed by atoms with E-state index in [1.54, 1.807) is 24.3 Å². The van der Waals surface area contributed by atoms with Crippen LogP contribution in [0.2, 0.25) is 0 Å². The smallest absolute Gasteiger partial charge is 0.187 e. The molecule has 0 saturated carbocycles. The Hall–Kier alpha value is -1.17. The summed E-state index contributed by atoms with van der Waals surface area (Å²) in [5.74, 6) is 0. The number of sulfone groups is 1. The van der Waals surface area contributed by atoms with Crippen LogP contribution < -0.4 is 5.73 Å². The quantitative estimate of drug-likeness (QED) is 0.936. The molecule has 0 aliphatic carbocycles. The average molecular weight is 281 g/mol. The molecule has 1 aromatic carbocycles. The summed E-state index contributed by atoms with van der Waals surface area (Å²) in [5.41, 5.74) is 6.68. The summed E-state index contributed by atoms with van der Waals surface area (Å²) < 4.78 is 25.0. The van der Waals surface area contributed by atoms with Gasteiger partial charge in [-0.15, -0.1) is 11.3 Å². The van der Waals surface area contributed by atoms with Gasteiger partial charge in [-0.25, -0.2) is 8.42 Å². The van der Waals surface area contributed by atoms with Crippen LogP contribution in [0.5, 0.6) is 0 Å².